The lowest BCUT2D eigenvalue weighted by Crippen LogP contribution is -2.01. The van der Waals surface area contributed by atoms with Gasteiger partial charge in [0.15, 0.2) is 0 Å². The molecule has 2 heteroatoms. The summed E-state index contributed by atoms with van der Waals surface area (Å²) in [6.45, 7) is 9.02. The van der Waals surface area contributed by atoms with Crippen molar-refractivity contribution in [2.24, 2.45) is 11.8 Å². The summed E-state index contributed by atoms with van der Waals surface area (Å²) in [5.74, 6) is 1.45. The first kappa shape index (κ1) is 10.7. The highest BCUT2D eigenvalue weighted by molar-refractivity contribution is 7.03. The summed E-state index contributed by atoms with van der Waals surface area (Å²) in [6, 6.07) is 0. The van der Waals surface area contributed by atoms with Gasteiger partial charge in [0.1, 0.15) is 0 Å². The fourth-order valence-electron chi connectivity index (χ4n) is 1.44. The van der Waals surface area contributed by atoms with Crippen LogP contribution in [-0.4, -0.2) is 4.37 Å². The molecule has 0 spiro atoms. The van der Waals surface area contributed by atoms with Gasteiger partial charge in [0.2, 0.25) is 0 Å². The van der Waals surface area contributed by atoms with E-state index < -0.39 is 0 Å². The lowest BCUT2D eigenvalue weighted by atomic mass is 9.99. The zero-order valence-corrected chi connectivity index (χ0v) is 9.82. The molecule has 0 atom stereocenters. The van der Waals surface area contributed by atoms with Crippen molar-refractivity contribution in [3.05, 3.63) is 16.6 Å². The second kappa shape index (κ2) is 4.75. The zero-order valence-electron chi connectivity index (χ0n) is 9.00. The predicted molar refractivity (Wildman–Crippen MR) is 59.2 cm³/mol. The summed E-state index contributed by atoms with van der Waals surface area (Å²) >= 11 is 1.60. The Morgan fingerprint density at radius 2 is 1.77 bits per heavy atom. The van der Waals surface area contributed by atoms with Gasteiger partial charge in [0.05, 0.1) is 5.69 Å². The van der Waals surface area contributed by atoms with Crippen LogP contribution in [0.3, 0.4) is 0 Å². The van der Waals surface area contributed by atoms with E-state index in [9.17, 15) is 0 Å². The Kier molecular flexibility index (Phi) is 3.91. The van der Waals surface area contributed by atoms with Crippen molar-refractivity contribution in [1.82, 2.24) is 4.37 Å². The van der Waals surface area contributed by atoms with Crippen LogP contribution >= 0.6 is 11.5 Å². The first-order chi connectivity index (χ1) is 6.09. The molecule has 0 unspecified atom stereocenters. The second-order valence-corrected chi connectivity index (χ2v) is 5.11. The van der Waals surface area contributed by atoms with E-state index in [0.29, 0.717) is 5.92 Å². The molecule has 1 aromatic rings. The lowest BCUT2D eigenvalue weighted by Gasteiger charge is -2.06. The summed E-state index contributed by atoms with van der Waals surface area (Å²) in [5.41, 5.74) is 2.79. The van der Waals surface area contributed by atoms with Gasteiger partial charge in [-0.05, 0) is 41.8 Å². The molecular weight excluding hydrogens is 178 g/mol. The molecule has 0 saturated carbocycles. The van der Waals surface area contributed by atoms with Crippen LogP contribution in [-0.2, 0) is 12.8 Å². The van der Waals surface area contributed by atoms with Crippen LogP contribution in [0.2, 0.25) is 0 Å². The molecule has 0 aliphatic carbocycles. The largest absolute Gasteiger partial charge is 0.197 e. The average molecular weight is 197 g/mol. The maximum absolute atomic E-state index is 4.45. The maximum Gasteiger partial charge on any atom is 0.0576 e. The quantitative estimate of drug-likeness (QED) is 0.719. The molecule has 13 heavy (non-hydrogen) atoms. The minimum atomic E-state index is 0.716. The predicted octanol–water partition coefficient (Wildman–Crippen LogP) is 3.54. The van der Waals surface area contributed by atoms with Gasteiger partial charge in [0.25, 0.3) is 0 Å². The smallest absolute Gasteiger partial charge is 0.0576 e. The van der Waals surface area contributed by atoms with Crippen LogP contribution in [0.1, 0.15) is 39.0 Å². The van der Waals surface area contributed by atoms with Crippen molar-refractivity contribution in [2.45, 2.75) is 40.5 Å². The van der Waals surface area contributed by atoms with Crippen molar-refractivity contribution >= 4 is 11.5 Å². The summed E-state index contributed by atoms with van der Waals surface area (Å²) in [4.78, 5) is 0. The van der Waals surface area contributed by atoms with Crippen LogP contribution in [0.4, 0.5) is 0 Å². The van der Waals surface area contributed by atoms with Crippen molar-refractivity contribution in [1.29, 1.82) is 0 Å². The normalized spacial score (nSPS) is 11.5. The van der Waals surface area contributed by atoms with Crippen LogP contribution in [0, 0.1) is 11.8 Å². The standard InChI is InChI=1S/C11H19NS/c1-8(2)5-10-7-13-12-11(10)6-9(3)4/h7-9H,5-6H2,1-4H3. The number of hydrogen-bond acceptors (Lipinski definition) is 2. The van der Waals surface area contributed by atoms with E-state index in [2.05, 4.69) is 37.4 Å². The Labute approximate surface area is 85.4 Å². The number of hydrogen-bond donors (Lipinski definition) is 0. The molecule has 1 aromatic heterocycles. The molecule has 0 saturated heterocycles. The third kappa shape index (κ3) is 3.47. The van der Waals surface area contributed by atoms with Gasteiger partial charge in [-0.1, -0.05) is 27.7 Å². The van der Waals surface area contributed by atoms with Crippen LogP contribution in [0.5, 0.6) is 0 Å². The molecule has 0 radical (unpaired) electrons. The van der Waals surface area contributed by atoms with Crippen LogP contribution in [0.25, 0.3) is 0 Å². The van der Waals surface area contributed by atoms with E-state index in [1.807, 2.05) is 0 Å². The van der Waals surface area contributed by atoms with Gasteiger partial charge in [0, 0.05) is 5.38 Å². The Morgan fingerprint density at radius 1 is 1.15 bits per heavy atom. The van der Waals surface area contributed by atoms with Crippen molar-refractivity contribution in [3.63, 3.8) is 0 Å². The summed E-state index contributed by atoms with van der Waals surface area (Å²) in [5, 5.41) is 2.21. The molecule has 1 heterocycles. The number of aromatic nitrogens is 1. The fraction of sp³-hybridized carbons (Fsp3) is 0.727. The highest BCUT2D eigenvalue weighted by Gasteiger charge is 2.08. The van der Waals surface area contributed by atoms with E-state index in [1.54, 1.807) is 11.5 Å². The van der Waals surface area contributed by atoms with E-state index >= 15 is 0 Å². The molecule has 1 rings (SSSR count). The molecule has 0 bridgehead atoms. The highest BCUT2D eigenvalue weighted by Crippen LogP contribution is 2.18. The Hall–Kier alpha value is -0.370. The minimum absolute atomic E-state index is 0.716. The zero-order chi connectivity index (χ0) is 9.84. The Balaban J connectivity index is 2.65. The van der Waals surface area contributed by atoms with Crippen molar-refractivity contribution in [3.8, 4) is 0 Å². The maximum atomic E-state index is 4.45. The minimum Gasteiger partial charge on any atom is -0.197 e. The van der Waals surface area contributed by atoms with Gasteiger partial charge in [-0.3, -0.25) is 0 Å². The molecule has 1 nitrogen and oxygen atoms in total. The van der Waals surface area contributed by atoms with Crippen LogP contribution < -0.4 is 0 Å². The van der Waals surface area contributed by atoms with Gasteiger partial charge in [-0.15, -0.1) is 0 Å². The number of nitrogens with zero attached hydrogens (tertiary/aromatic N) is 1. The van der Waals surface area contributed by atoms with Crippen molar-refractivity contribution < 1.29 is 0 Å². The third-order valence-corrected chi connectivity index (χ3v) is 2.67. The molecule has 0 fully saturated rings. The van der Waals surface area contributed by atoms with Crippen molar-refractivity contribution in [2.75, 3.05) is 0 Å². The van der Waals surface area contributed by atoms with Crippen LogP contribution in [0.15, 0.2) is 5.38 Å². The first-order valence-corrected chi connectivity index (χ1v) is 5.85. The summed E-state index contributed by atoms with van der Waals surface area (Å²) in [6.07, 6.45) is 2.31. The van der Waals surface area contributed by atoms with Gasteiger partial charge >= 0.3 is 0 Å². The SMILES string of the molecule is CC(C)Cc1csnc1CC(C)C. The van der Waals surface area contributed by atoms with Gasteiger partial charge < -0.3 is 0 Å². The Bertz CT molecular complexity index is 226. The van der Waals surface area contributed by atoms with E-state index in [-0.39, 0.29) is 0 Å². The molecule has 74 valence electrons. The lowest BCUT2D eigenvalue weighted by molar-refractivity contribution is 0.611. The molecule has 0 N–H and O–H groups in total. The van der Waals surface area contributed by atoms with E-state index in [1.165, 1.54) is 17.7 Å². The van der Waals surface area contributed by atoms with E-state index in [4.69, 9.17) is 0 Å². The van der Waals surface area contributed by atoms with E-state index in [0.717, 1.165) is 12.3 Å². The summed E-state index contributed by atoms with van der Waals surface area (Å²) in [7, 11) is 0. The van der Waals surface area contributed by atoms with Gasteiger partial charge in [-0.2, -0.15) is 4.37 Å². The monoisotopic (exact) mass is 197 g/mol. The second-order valence-electron chi connectivity index (χ2n) is 4.48. The molecule has 0 aliphatic heterocycles. The summed E-state index contributed by atoms with van der Waals surface area (Å²) < 4.78 is 4.45. The molecule has 0 aliphatic rings. The fourth-order valence-corrected chi connectivity index (χ4v) is 2.17. The van der Waals surface area contributed by atoms with Gasteiger partial charge in [-0.25, -0.2) is 0 Å². The average Bonchev–Trinajstić information content (AvgIpc) is 2.34. The molecule has 0 amide bonds. The number of rotatable bonds is 4. The topological polar surface area (TPSA) is 12.9 Å². The highest BCUT2D eigenvalue weighted by atomic mass is 32.1. The molecular formula is C11H19NS. The third-order valence-electron chi connectivity index (χ3n) is 1.96. The Morgan fingerprint density at radius 3 is 2.31 bits per heavy atom. The first-order valence-electron chi connectivity index (χ1n) is 5.01. The molecule has 0 aromatic carbocycles.